The third-order valence-corrected chi connectivity index (χ3v) is 18.3. The van der Waals surface area contributed by atoms with Crippen LogP contribution in [-0.4, -0.2) is 172 Å². The SMILES string of the molecule is C=C(NCc1ccc(-c2scnc2C)cc1)[C@@H]1C[C@@H](O)CN1C(=O)[C@@H](NC(=O)CN1CCC(CN2CCN(c3ccc(-c4cnc5[nH]cc(C(=O)c6c(F)ccc(NS(=O)(=O)N7CC[C@@H](F)C7)c6F)c5c4)nn3)CC2)CC1)C(C)(C)C. The summed E-state index contributed by atoms with van der Waals surface area (Å²) in [7, 11) is -4.38. The Kier molecular flexibility index (Phi) is 17.0. The molecule has 4 aliphatic heterocycles. The number of aromatic amines is 1. The lowest BCUT2D eigenvalue weighted by atomic mass is 9.85. The van der Waals surface area contributed by atoms with Gasteiger partial charge in [-0.3, -0.25) is 28.9 Å². The number of fused-ring (bicyclic) bond motifs is 1. The number of carbonyl (C=O) groups is 3. The molecule has 19 nitrogen and oxygen atoms in total. The first-order valence-corrected chi connectivity index (χ1v) is 29.7. The number of pyridine rings is 1. The number of β-amino-alcohol motifs (C(OH)–C–C–N with tert-alkyl or cyclic N) is 1. The number of rotatable bonds is 18. The number of H-pyrrole nitrogens is 1. The molecule has 0 saturated carbocycles. The number of alkyl halides is 1. The van der Waals surface area contributed by atoms with Gasteiger partial charge in [0.25, 0.3) is 0 Å². The van der Waals surface area contributed by atoms with Gasteiger partial charge in [0.15, 0.2) is 11.6 Å². The second-order valence-corrected chi connectivity index (χ2v) is 25.2. The first-order chi connectivity index (χ1) is 38.7. The number of benzene rings is 2. The maximum atomic E-state index is 15.8. The molecule has 430 valence electrons. The summed E-state index contributed by atoms with van der Waals surface area (Å²) >= 11 is 1.61. The van der Waals surface area contributed by atoms with Gasteiger partial charge in [-0.15, -0.1) is 21.5 Å². The lowest BCUT2D eigenvalue weighted by molar-refractivity contribution is -0.140. The lowest BCUT2D eigenvalue weighted by Crippen LogP contribution is -2.58. The van der Waals surface area contributed by atoms with Gasteiger partial charge in [-0.05, 0) is 92.1 Å². The van der Waals surface area contributed by atoms with E-state index in [9.17, 15) is 32.3 Å². The van der Waals surface area contributed by atoms with Crippen LogP contribution < -0.4 is 20.3 Å². The standard InChI is InChI=1S/C57H68F3N13O6S2/c1-34(61-26-36-6-8-38(9-7-36)53-35(2)64-33-80-53)47-25-41(74)31-73(47)56(77)54(57(3,4)5)65-49(75)32-69-17-14-37(15-18-69)29-70-20-22-71(23-21-70)48-13-12-45(66-67-48)39-24-42-43(28-63-55(42)62-27-39)52(76)50-44(59)10-11-46(51(50)60)68-81(78,79)72-19-16-40(58)30-72/h6-13,24,27-28,33,37,40-41,47,54,61,68,74H,1,14-23,25-26,29-32H2,2-5H3,(H,62,63)(H,65,75)/t40-,41-,47+,54-/m1/s1. The molecular weight excluding hydrogens is 1080 g/mol. The summed E-state index contributed by atoms with van der Waals surface area (Å²) in [6, 6.07) is 14.0. The number of amides is 2. The molecule has 0 spiro atoms. The Hall–Kier alpha value is -6.83. The summed E-state index contributed by atoms with van der Waals surface area (Å²) in [4.78, 5) is 63.0. The molecule has 4 saturated heterocycles. The number of aryl methyl sites for hydroxylation is 1. The maximum absolute atomic E-state index is 15.8. The molecule has 0 unspecified atom stereocenters. The van der Waals surface area contributed by atoms with Crippen LogP contribution in [0.25, 0.3) is 32.7 Å². The van der Waals surface area contributed by atoms with E-state index in [2.05, 4.69) is 81.3 Å². The number of aliphatic hydroxyl groups is 1. The van der Waals surface area contributed by atoms with Crippen LogP contribution in [0.4, 0.5) is 24.7 Å². The van der Waals surface area contributed by atoms with E-state index >= 15 is 8.78 Å². The fourth-order valence-corrected chi connectivity index (χ4v) is 13.3. The highest BCUT2D eigenvalue weighted by Crippen LogP contribution is 2.33. The number of nitrogens with one attached hydrogen (secondary N) is 4. The van der Waals surface area contributed by atoms with Gasteiger partial charge in [-0.25, -0.2) is 23.1 Å². The van der Waals surface area contributed by atoms with E-state index in [0.29, 0.717) is 41.7 Å². The average Bonchev–Trinajstić information content (AvgIpc) is 4.50. The van der Waals surface area contributed by atoms with Crippen LogP contribution >= 0.6 is 11.3 Å². The summed E-state index contributed by atoms with van der Waals surface area (Å²) in [5.41, 5.74) is 4.54. The summed E-state index contributed by atoms with van der Waals surface area (Å²) in [6.07, 6.45) is 2.96. The molecule has 4 aromatic heterocycles. The largest absolute Gasteiger partial charge is 0.391 e. The zero-order valence-electron chi connectivity index (χ0n) is 45.8. The van der Waals surface area contributed by atoms with Crippen molar-refractivity contribution in [3.8, 4) is 21.7 Å². The Balaban J connectivity index is 0.678. The van der Waals surface area contributed by atoms with Crippen LogP contribution in [0.15, 0.2) is 84.8 Å². The van der Waals surface area contributed by atoms with Crippen molar-refractivity contribution in [2.45, 2.75) is 84.3 Å². The molecule has 6 aromatic rings. The topological polar surface area (TPSA) is 225 Å². The third-order valence-electron chi connectivity index (χ3n) is 15.9. The van der Waals surface area contributed by atoms with Crippen LogP contribution in [0.5, 0.6) is 0 Å². The van der Waals surface area contributed by atoms with Gasteiger partial charge in [0, 0.05) is 99.9 Å². The number of nitrogens with zero attached hydrogens (tertiary/aromatic N) is 9. The summed E-state index contributed by atoms with van der Waals surface area (Å²) in [5, 5.41) is 26.5. The Morgan fingerprint density at radius 2 is 1.67 bits per heavy atom. The number of anilines is 2. The molecule has 10 rings (SSSR count). The molecule has 0 aliphatic carbocycles. The fraction of sp³-hybridized carbons (Fsp3) is 0.456. The number of halogens is 3. The number of aliphatic hydroxyl groups excluding tert-OH is 1. The van der Waals surface area contributed by atoms with E-state index in [-0.39, 0.29) is 54.5 Å². The first kappa shape index (κ1) is 57.4. The number of ketones is 1. The number of hydrogen-bond donors (Lipinski definition) is 5. The average molecular weight is 1150 g/mol. The predicted octanol–water partition coefficient (Wildman–Crippen LogP) is 6.29. The summed E-state index contributed by atoms with van der Waals surface area (Å²) < 4.78 is 73.3. The highest BCUT2D eigenvalue weighted by atomic mass is 32.2. The molecule has 4 aliphatic rings. The highest BCUT2D eigenvalue weighted by Gasteiger charge is 2.43. The van der Waals surface area contributed by atoms with Gasteiger partial charge >= 0.3 is 10.2 Å². The van der Waals surface area contributed by atoms with Crippen molar-refractivity contribution in [1.82, 2.24) is 54.8 Å². The number of carbonyl (C=O) groups excluding carboxylic acids is 3. The minimum Gasteiger partial charge on any atom is -0.391 e. The van der Waals surface area contributed by atoms with E-state index < -0.39 is 75.2 Å². The van der Waals surface area contributed by atoms with Gasteiger partial charge in [0.1, 0.15) is 23.7 Å². The minimum atomic E-state index is -4.38. The molecule has 4 fully saturated rings. The van der Waals surface area contributed by atoms with Crippen LogP contribution in [0.1, 0.15) is 73.6 Å². The normalized spacial score (nSPS) is 20.2. The third kappa shape index (κ3) is 13.0. The Bertz CT molecular complexity index is 3400. The fourth-order valence-electron chi connectivity index (χ4n) is 11.2. The molecule has 81 heavy (non-hydrogen) atoms. The smallest absolute Gasteiger partial charge is 0.301 e. The van der Waals surface area contributed by atoms with Crippen LogP contribution in [0, 0.1) is 29.9 Å². The summed E-state index contributed by atoms with van der Waals surface area (Å²) in [6.45, 7) is 18.0. The molecule has 0 bridgehead atoms. The molecule has 2 amide bonds. The second kappa shape index (κ2) is 23.9. The van der Waals surface area contributed by atoms with E-state index in [0.717, 1.165) is 96.8 Å². The van der Waals surface area contributed by atoms with Crippen molar-refractivity contribution in [2.24, 2.45) is 11.3 Å². The number of piperidine rings is 1. The number of piperazine rings is 1. The zero-order valence-corrected chi connectivity index (χ0v) is 47.4. The summed E-state index contributed by atoms with van der Waals surface area (Å²) in [5.74, 6) is -2.95. The zero-order chi connectivity index (χ0) is 57.3. The van der Waals surface area contributed by atoms with Crippen molar-refractivity contribution in [1.29, 1.82) is 0 Å². The van der Waals surface area contributed by atoms with E-state index in [1.165, 1.54) is 6.20 Å². The van der Waals surface area contributed by atoms with Crippen LogP contribution in [0.3, 0.4) is 0 Å². The van der Waals surface area contributed by atoms with Gasteiger partial charge in [-0.2, -0.15) is 12.7 Å². The van der Waals surface area contributed by atoms with Crippen LogP contribution in [0.2, 0.25) is 0 Å². The number of hydrogen-bond acceptors (Lipinski definition) is 15. The molecule has 0 radical (unpaired) electrons. The Morgan fingerprint density at radius 3 is 2.33 bits per heavy atom. The lowest BCUT2D eigenvalue weighted by Gasteiger charge is -2.39. The van der Waals surface area contributed by atoms with Crippen molar-refractivity contribution >= 4 is 61.7 Å². The number of thiazole rings is 1. The van der Waals surface area contributed by atoms with E-state index in [1.807, 2.05) is 44.0 Å². The van der Waals surface area contributed by atoms with Gasteiger partial charge in [-0.1, -0.05) is 51.6 Å². The molecule has 2 aromatic carbocycles. The molecule has 24 heteroatoms. The number of likely N-dealkylation sites (tertiary alicyclic amines) is 2. The monoisotopic (exact) mass is 1150 g/mol. The molecular formula is C57H68F3N13O6S2. The van der Waals surface area contributed by atoms with Crippen molar-refractivity contribution < 1.29 is 41.1 Å². The Labute approximate surface area is 473 Å². The van der Waals surface area contributed by atoms with Gasteiger partial charge in [0.05, 0.1) is 51.7 Å². The van der Waals surface area contributed by atoms with Crippen LogP contribution in [-0.2, 0) is 26.3 Å². The molecule has 5 N–H and O–H groups in total. The minimum absolute atomic E-state index is 0.0102. The molecule has 8 heterocycles. The quantitative estimate of drug-likeness (QED) is 0.0597. The van der Waals surface area contributed by atoms with Gasteiger partial charge < -0.3 is 30.5 Å². The van der Waals surface area contributed by atoms with Gasteiger partial charge in [0.2, 0.25) is 17.6 Å². The second-order valence-electron chi connectivity index (χ2n) is 22.7. The highest BCUT2D eigenvalue weighted by molar-refractivity contribution is 7.90. The van der Waals surface area contributed by atoms with Crippen molar-refractivity contribution in [3.63, 3.8) is 0 Å². The predicted molar refractivity (Wildman–Crippen MR) is 304 cm³/mol. The maximum Gasteiger partial charge on any atom is 0.301 e. The first-order valence-electron chi connectivity index (χ1n) is 27.3. The van der Waals surface area contributed by atoms with E-state index in [4.69, 9.17) is 0 Å². The molecule has 4 atom stereocenters. The Morgan fingerprint density at radius 1 is 0.914 bits per heavy atom. The van der Waals surface area contributed by atoms with Crippen molar-refractivity contribution in [3.05, 3.63) is 119 Å². The van der Waals surface area contributed by atoms with Crippen molar-refractivity contribution in [2.75, 3.05) is 81.6 Å². The van der Waals surface area contributed by atoms with E-state index in [1.54, 1.807) is 34.6 Å². The number of aromatic nitrogens is 5.